The Morgan fingerprint density at radius 3 is 2.85 bits per heavy atom. The molecule has 0 aliphatic rings. The van der Waals surface area contributed by atoms with Crippen molar-refractivity contribution in [2.24, 2.45) is 0 Å². The van der Waals surface area contributed by atoms with Gasteiger partial charge in [-0.25, -0.2) is 9.78 Å². The molecule has 0 fully saturated rings. The number of H-pyrrole nitrogens is 1. The molecule has 0 atom stereocenters. The number of hydrogen-bond acceptors (Lipinski definition) is 4. The lowest BCUT2D eigenvalue weighted by molar-refractivity contribution is 1.12. The molecule has 0 unspecified atom stereocenters. The summed E-state index contributed by atoms with van der Waals surface area (Å²) in [5, 5.41) is 0.770. The van der Waals surface area contributed by atoms with Crippen LogP contribution in [0.1, 0.15) is 0 Å². The molecule has 0 bridgehead atoms. The van der Waals surface area contributed by atoms with E-state index in [1.165, 1.54) is 6.20 Å². The lowest BCUT2D eigenvalue weighted by Crippen LogP contribution is -2.10. The van der Waals surface area contributed by atoms with E-state index in [9.17, 15) is 4.79 Å². The van der Waals surface area contributed by atoms with Crippen LogP contribution >= 0.6 is 0 Å². The maximum atomic E-state index is 10.9. The maximum absolute atomic E-state index is 10.9. The number of aromatic amines is 1. The summed E-state index contributed by atoms with van der Waals surface area (Å²) in [7, 11) is 0. The highest BCUT2D eigenvalue weighted by molar-refractivity contribution is 5.94. The van der Waals surface area contributed by atoms with Gasteiger partial charge in [-0.2, -0.15) is 0 Å². The largest absolute Gasteiger partial charge is 0.397 e. The van der Waals surface area contributed by atoms with Crippen LogP contribution in [-0.4, -0.2) is 9.97 Å². The van der Waals surface area contributed by atoms with Gasteiger partial charge >= 0.3 is 5.69 Å². The first-order valence-corrected chi connectivity index (χ1v) is 3.71. The van der Waals surface area contributed by atoms with Crippen molar-refractivity contribution < 1.29 is 0 Å². The Morgan fingerprint density at radius 2 is 2.08 bits per heavy atom. The molecule has 5 heteroatoms. The number of hydrogen-bond donors (Lipinski definition) is 3. The number of rotatable bonds is 0. The van der Waals surface area contributed by atoms with Crippen molar-refractivity contribution in [3.63, 3.8) is 0 Å². The molecule has 0 saturated heterocycles. The standard InChI is InChI=1S/C8H8N4O/c9-5-2-1-4-3-11-8(13)12-7(4)6(5)10/h1-3H,9-10H2,(H,11,12,13). The number of nitrogen functional groups attached to an aromatic ring is 2. The Bertz CT molecular complexity index is 517. The predicted octanol–water partition coefficient (Wildman–Crippen LogP) is 0.0875. The maximum Gasteiger partial charge on any atom is 0.345 e. The summed E-state index contributed by atoms with van der Waals surface area (Å²) in [6.45, 7) is 0. The van der Waals surface area contributed by atoms with Crippen molar-refractivity contribution in [1.29, 1.82) is 0 Å². The fourth-order valence-corrected chi connectivity index (χ4v) is 1.17. The summed E-state index contributed by atoms with van der Waals surface area (Å²) in [5.74, 6) is 0. The smallest absolute Gasteiger partial charge is 0.345 e. The van der Waals surface area contributed by atoms with Gasteiger partial charge < -0.3 is 16.5 Å². The zero-order valence-corrected chi connectivity index (χ0v) is 6.74. The minimum Gasteiger partial charge on any atom is -0.397 e. The van der Waals surface area contributed by atoms with Crippen LogP contribution in [0.3, 0.4) is 0 Å². The number of nitrogens with one attached hydrogen (secondary N) is 1. The molecule has 0 amide bonds. The van der Waals surface area contributed by atoms with Crippen LogP contribution in [-0.2, 0) is 0 Å². The van der Waals surface area contributed by atoms with Crippen molar-refractivity contribution in [2.75, 3.05) is 11.5 Å². The first-order valence-electron chi connectivity index (χ1n) is 3.71. The van der Waals surface area contributed by atoms with Crippen LogP contribution in [0, 0.1) is 0 Å². The third-order valence-corrected chi connectivity index (χ3v) is 1.86. The molecule has 2 aromatic rings. The number of nitrogens with two attached hydrogens (primary N) is 2. The molecule has 5 nitrogen and oxygen atoms in total. The first kappa shape index (κ1) is 7.60. The van der Waals surface area contributed by atoms with Gasteiger partial charge in [0.15, 0.2) is 0 Å². The second-order valence-electron chi connectivity index (χ2n) is 2.72. The number of anilines is 2. The molecular weight excluding hydrogens is 168 g/mol. The molecular formula is C8H8N4O. The summed E-state index contributed by atoms with van der Waals surface area (Å²) < 4.78 is 0. The third-order valence-electron chi connectivity index (χ3n) is 1.86. The molecule has 0 aliphatic heterocycles. The van der Waals surface area contributed by atoms with Gasteiger partial charge in [0, 0.05) is 11.6 Å². The summed E-state index contributed by atoms with van der Waals surface area (Å²) in [6, 6.07) is 3.43. The summed E-state index contributed by atoms with van der Waals surface area (Å²) in [5.41, 5.74) is 12.2. The van der Waals surface area contributed by atoms with Crippen LogP contribution in [0.25, 0.3) is 10.9 Å². The van der Waals surface area contributed by atoms with E-state index >= 15 is 0 Å². The Morgan fingerprint density at radius 1 is 1.31 bits per heavy atom. The lowest BCUT2D eigenvalue weighted by Gasteiger charge is -2.03. The van der Waals surface area contributed by atoms with E-state index in [2.05, 4.69) is 9.97 Å². The van der Waals surface area contributed by atoms with E-state index in [-0.39, 0.29) is 0 Å². The van der Waals surface area contributed by atoms with Gasteiger partial charge in [-0.1, -0.05) is 0 Å². The fraction of sp³-hybridized carbons (Fsp3) is 0. The first-order chi connectivity index (χ1) is 6.18. The van der Waals surface area contributed by atoms with Gasteiger partial charge in [0.05, 0.1) is 16.9 Å². The average Bonchev–Trinajstić information content (AvgIpc) is 2.12. The van der Waals surface area contributed by atoms with E-state index < -0.39 is 5.69 Å². The van der Waals surface area contributed by atoms with Crippen LogP contribution in [0.4, 0.5) is 11.4 Å². The van der Waals surface area contributed by atoms with Crippen molar-refractivity contribution in [1.82, 2.24) is 9.97 Å². The SMILES string of the molecule is Nc1ccc2cnc(=O)[nH]c2c1N. The highest BCUT2D eigenvalue weighted by Crippen LogP contribution is 2.22. The van der Waals surface area contributed by atoms with Crippen molar-refractivity contribution >= 4 is 22.3 Å². The topological polar surface area (TPSA) is 97.8 Å². The highest BCUT2D eigenvalue weighted by Gasteiger charge is 2.01. The minimum absolute atomic E-state index is 0.386. The van der Waals surface area contributed by atoms with Crippen LogP contribution in [0.15, 0.2) is 23.1 Å². The van der Waals surface area contributed by atoms with Crippen LogP contribution in [0.2, 0.25) is 0 Å². The van der Waals surface area contributed by atoms with Gasteiger partial charge in [0.25, 0.3) is 0 Å². The number of fused-ring (bicyclic) bond motifs is 1. The predicted molar refractivity (Wildman–Crippen MR) is 51.2 cm³/mol. The van der Waals surface area contributed by atoms with Gasteiger partial charge in [-0.05, 0) is 12.1 Å². The van der Waals surface area contributed by atoms with Crippen LogP contribution in [0.5, 0.6) is 0 Å². The molecule has 13 heavy (non-hydrogen) atoms. The average molecular weight is 176 g/mol. The molecule has 1 aromatic carbocycles. The van der Waals surface area contributed by atoms with Gasteiger partial charge in [-0.3, -0.25) is 0 Å². The Hall–Kier alpha value is -2.04. The molecule has 0 saturated carbocycles. The normalized spacial score (nSPS) is 10.5. The van der Waals surface area contributed by atoms with E-state index in [0.29, 0.717) is 16.9 Å². The second kappa shape index (κ2) is 2.48. The quantitative estimate of drug-likeness (QED) is 0.495. The monoisotopic (exact) mass is 176 g/mol. The van der Waals surface area contributed by atoms with Crippen molar-refractivity contribution in [3.8, 4) is 0 Å². The molecule has 1 aromatic heterocycles. The Balaban J connectivity index is 2.97. The van der Waals surface area contributed by atoms with E-state index in [0.717, 1.165) is 5.39 Å². The number of nitrogens with zero attached hydrogens (tertiary/aromatic N) is 1. The molecule has 1 heterocycles. The summed E-state index contributed by atoms with van der Waals surface area (Å²) >= 11 is 0. The molecule has 2 rings (SSSR count). The van der Waals surface area contributed by atoms with E-state index in [1.54, 1.807) is 12.1 Å². The number of benzene rings is 1. The second-order valence-corrected chi connectivity index (χ2v) is 2.72. The summed E-state index contributed by atoms with van der Waals surface area (Å²) in [4.78, 5) is 17.0. The fourth-order valence-electron chi connectivity index (χ4n) is 1.17. The molecule has 66 valence electrons. The minimum atomic E-state index is -0.426. The molecule has 5 N–H and O–H groups in total. The Labute approximate surface area is 73.4 Å². The van der Waals surface area contributed by atoms with Crippen molar-refractivity contribution in [2.45, 2.75) is 0 Å². The summed E-state index contributed by atoms with van der Waals surface area (Å²) in [6.07, 6.45) is 1.46. The highest BCUT2D eigenvalue weighted by atomic mass is 16.1. The van der Waals surface area contributed by atoms with Gasteiger partial charge in [-0.15, -0.1) is 0 Å². The van der Waals surface area contributed by atoms with Crippen LogP contribution < -0.4 is 17.2 Å². The van der Waals surface area contributed by atoms with Gasteiger partial charge in [0.2, 0.25) is 0 Å². The third kappa shape index (κ3) is 1.10. The zero-order chi connectivity index (χ0) is 9.42. The molecule has 0 aliphatic carbocycles. The van der Waals surface area contributed by atoms with Gasteiger partial charge in [0.1, 0.15) is 0 Å². The van der Waals surface area contributed by atoms with E-state index in [1.807, 2.05) is 0 Å². The Kier molecular flexibility index (Phi) is 1.45. The van der Waals surface area contributed by atoms with E-state index in [4.69, 9.17) is 11.5 Å². The molecule has 0 radical (unpaired) electrons. The lowest BCUT2D eigenvalue weighted by atomic mass is 10.2. The van der Waals surface area contributed by atoms with Crippen molar-refractivity contribution in [3.05, 3.63) is 28.8 Å². The molecule has 0 spiro atoms. The number of aromatic nitrogens is 2. The zero-order valence-electron chi connectivity index (χ0n) is 6.74.